The maximum Gasteiger partial charge on any atom is 0.226 e. The molecule has 0 bridgehead atoms. The highest BCUT2D eigenvalue weighted by Crippen LogP contribution is 2.27. The van der Waals surface area contributed by atoms with Gasteiger partial charge in [0.05, 0.1) is 17.0 Å². The molecule has 1 amide bonds. The molecule has 0 unspecified atom stereocenters. The van der Waals surface area contributed by atoms with Gasteiger partial charge >= 0.3 is 0 Å². The monoisotopic (exact) mass is 309 g/mol. The number of rotatable bonds is 8. The topological polar surface area (TPSA) is 54.0 Å². The van der Waals surface area contributed by atoms with Crippen molar-refractivity contribution < 1.29 is 4.79 Å². The summed E-state index contributed by atoms with van der Waals surface area (Å²) in [7, 11) is 0. The summed E-state index contributed by atoms with van der Waals surface area (Å²) in [6, 6.07) is 4.06. The van der Waals surface area contributed by atoms with E-state index in [2.05, 4.69) is 22.5 Å². The summed E-state index contributed by atoms with van der Waals surface area (Å²) in [5.74, 6) is 0.0336. The van der Waals surface area contributed by atoms with Gasteiger partial charge in [-0.1, -0.05) is 13.0 Å². The average molecular weight is 309 g/mol. The van der Waals surface area contributed by atoms with E-state index in [-0.39, 0.29) is 5.91 Å². The van der Waals surface area contributed by atoms with E-state index in [9.17, 15) is 4.79 Å². The van der Waals surface area contributed by atoms with Gasteiger partial charge in [0, 0.05) is 18.5 Å². The van der Waals surface area contributed by atoms with Crippen molar-refractivity contribution in [2.24, 2.45) is 0 Å². The normalized spacial score (nSPS) is 10.7. The van der Waals surface area contributed by atoms with Gasteiger partial charge in [-0.2, -0.15) is 0 Å². The molecule has 2 N–H and O–H groups in total. The Morgan fingerprint density at radius 2 is 2.20 bits per heavy atom. The van der Waals surface area contributed by atoms with E-state index in [1.165, 1.54) is 0 Å². The number of carbonyl (C=O) groups is 1. The standard InChI is InChI=1S/C14H19N3OS2/c1-2-5-15-6-7-16-13(18)9-11-10-20-14(17-11)12-4-3-8-19-12/h3-4,8,10,15H,2,5-7,9H2,1H3,(H,16,18). The minimum Gasteiger partial charge on any atom is -0.354 e. The molecular formula is C14H19N3OS2. The minimum atomic E-state index is 0.0336. The molecule has 4 nitrogen and oxygen atoms in total. The highest BCUT2D eigenvalue weighted by Gasteiger charge is 2.09. The summed E-state index contributed by atoms with van der Waals surface area (Å²) >= 11 is 3.26. The van der Waals surface area contributed by atoms with Crippen LogP contribution in [0.4, 0.5) is 0 Å². The Balaban J connectivity index is 1.74. The Kier molecular flexibility index (Phi) is 6.17. The summed E-state index contributed by atoms with van der Waals surface area (Å²) in [6.45, 7) is 4.60. The van der Waals surface area contributed by atoms with Crippen LogP contribution in [-0.2, 0) is 11.2 Å². The maximum atomic E-state index is 11.8. The van der Waals surface area contributed by atoms with Gasteiger partial charge in [0.2, 0.25) is 5.91 Å². The number of nitrogens with one attached hydrogen (secondary N) is 2. The van der Waals surface area contributed by atoms with Crippen LogP contribution in [0.15, 0.2) is 22.9 Å². The van der Waals surface area contributed by atoms with E-state index >= 15 is 0 Å². The van der Waals surface area contributed by atoms with Gasteiger partial charge in [-0.15, -0.1) is 22.7 Å². The first-order valence-electron chi connectivity index (χ1n) is 6.75. The van der Waals surface area contributed by atoms with Crippen LogP contribution in [0.2, 0.25) is 0 Å². The predicted octanol–water partition coefficient (Wildman–Crippen LogP) is 2.53. The van der Waals surface area contributed by atoms with E-state index in [0.717, 1.165) is 35.1 Å². The number of hydrogen-bond acceptors (Lipinski definition) is 5. The second kappa shape index (κ2) is 8.14. The molecule has 0 aromatic carbocycles. The van der Waals surface area contributed by atoms with Gasteiger partial charge in [-0.05, 0) is 24.4 Å². The molecule has 2 aromatic heterocycles. The van der Waals surface area contributed by atoms with Crippen LogP contribution in [0.1, 0.15) is 19.0 Å². The highest BCUT2D eigenvalue weighted by atomic mass is 32.1. The van der Waals surface area contributed by atoms with Crippen LogP contribution < -0.4 is 10.6 Å². The number of thiophene rings is 1. The molecule has 0 spiro atoms. The number of thiazole rings is 1. The zero-order valence-electron chi connectivity index (χ0n) is 11.5. The lowest BCUT2D eigenvalue weighted by Crippen LogP contribution is -2.33. The molecule has 108 valence electrons. The largest absolute Gasteiger partial charge is 0.354 e. The summed E-state index contributed by atoms with van der Waals surface area (Å²) in [5.41, 5.74) is 0.845. The van der Waals surface area contributed by atoms with Gasteiger partial charge in [0.25, 0.3) is 0 Å². The summed E-state index contributed by atoms with van der Waals surface area (Å²) in [6.07, 6.45) is 1.47. The Morgan fingerprint density at radius 3 is 2.95 bits per heavy atom. The fourth-order valence-corrected chi connectivity index (χ4v) is 3.35. The van der Waals surface area contributed by atoms with E-state index < -0.39 is 0 Å². The number of hydrogen-bond donors (Lipinski definition) is 2. The molecule has 6 heteroatoms. The van der Waals surface area contributed by atoms with Crippen molar-refractivity contribution in [1.29, 1.82) is 0 Å². The van der Waals surface area contributed by atoms with Crippen molar-refractivity contribution in [2.75, 3.05) is 19.6 Å². The van der Waals surface area contributed by atoms with E-state index in [0.29, 0.717) is 13.0 Å². The Bertz CT molecular complexity index is 522. The van der Waals surface area contributed by atoms with Gasteiger partial charge in [-0.25, -0.2) is 4.98 Å². The van der Waals surface area contributed by atoms with Crippen molar-refractivity contribution in [2.45, 2.75) is 19.8 Å². The molecule has 0 aliphatic carbocycles. The zero-order chi connectivity index (χ0) is 14.2. The molecule has 20 heavy (non-hydrogen) atoms. The lowest BCUT2D eigenvalue weighted by Gasteiger charge is -2.04. The van der Waals surface area contributed by atoms with Crippen molar-refractivity contribution in [3.8, 4) is 9.88 Å². The van der Waals surface area contributed by atoms with Gasteiger partial charge in [0.15, 0.2) is 0 Å². The molecule has 2 rings (SSSR count). The fourth-order valence-electron chi connectivity index (χ4n) is 1.72. The molecule has 2 heterocycles. The van der Waals surface area contributed by atoms with Crippen LogP contribution in [0.3, 0.4) is 0 Å². The number of carbonyl (C=O) groups excluding carboxylic acids is 1. The Labute approximate surface area is 127 Å². The third-order valence-electron chi connectivity index (χ3n) is 2.68. The first kappa shape index (κ1) is 15.2. The highest BCUT2D eigenvalue weighted by molar-refractivity contribution is 7.20. The molecule has 0 saturated heterocycles. The SMILES string of the molecule is CCCNCCNC(=O)Cc1csc(-c2cccs2)n1. The van der Waals surface area contributed by atoms with Gasteiger partial charge in [-0.3, -0.25) is 4.79 Å². The molecule has 0 radical (unpaired) electrons. The third-order valence-corrected chi connectivity index (χ3v) is 4.61. The minimum absolute atomic E-state index is 0.0336. The number of amides is 1. The van der Waals surface area contributed by atoms with E-state index in [4.69, 9.17) is 0 Å². The Hall–Kier alpha value is -1.24. The molecule has 0 aliphatic rings. The van der Waals surface area contributed by atoms with Crippen molar-refractivity contribution in [1.82, 2.24) is 15.6 Å². The second-order valence-electron chi connectivity index (χ2n) is 4.40. The van der Waals surface area contributed by atoms with Gasteiger partial charge in [0.1, 0.15) is 5.01 Å². The van der Waals surface area contributed by atoms with Crippen LogP contribution in [0.5, 0.6) is 0 Å². The van der Waals surface area contributed by atoms with Crippen LogP contribution in [0, 0.1) is 0 Å². The Morgan fingerprint density at radius 1 is 1.30 bits per heavy atom. The lowest BCUT2D eigenvalue weighted by molar-refractivity contribution is -0.120. The summed E-state index contributed by atoms with van der Waals surface area (Å²) in [4.78, 5) is 17.4. The first-order valence-corrected chi connectivity index (χ1v) is 8.51. The van der Waals surface area contributed by atoms with E-state index in [1.54, 1.807) is 22.7 Å². The summed E-state index contributed by atoms with van der Waals surface area (Å²) in [5, 5.41) is 11.1. The number of nitrogens with zero attached hydrogens (tertiary/aromatic N) is 1. The average Bonchev–Trinajstić information content (AvgIpc) is 3.08. The maximum absolute atomic E-state index is 11.8. The number of aromatic nitrogens is 1. The summed E-state index contributed by atoms with van der Waals surface area (Å²) < 4.78 is 0. The molecule has 0 aliphatic heterocycles. The van der Waals surface area contributed by atoms with Crippen LogP contribution in [0.25, 0.3) is 9.88 Å². The zero-order valence-corrected chi connectivity index (χ0v) is 13.1. The van der Waals surface area contributed by atoms with Crippen molar-refractivity contribution in [3.05, 3.63) is 28.6 Å². The van der Waals surface area contributed by atoms with Gasteiger partial charge < -0.3 is 10.6 Å². The second-order valence-corrected chi connectivity index (χ2v) is 6.20. The van der Waals surface area contributed by atoms with Crippen molar-refractivity contribution >= 4 is 28.6 Å². The third kappa shape index (κ3) is 4.70. The van der Waals surface area contributed by atoms with E-state index in [1.807, 2.05) is 22.9 Å². The molecule has 0 atom stereocenters. The quantitative estimate of drug-likeness (QED) is 0.737. The molecule has 0 fully saturated rings. The predicted molar refractivity (Wildman–Crippen MR) is 85.3 cm³/mol. The van der Waals surface area contributed by atoms with Crippen LogP contribution >= 0.6 is 22.7 Å². The van der Waals surface area contributed by atoms with Crippen molar-refractivity contribution in [3.63, 3.8) is 0 Å². The smallest absolute Gasteiger partial charge is 0.226 e. The van der Waals surface area contributed by atoms with Crippen LogP contribution in [-0.4, -0.2) is 30.5 Å². The fraction of sp³-hybridized carbons (Fsp3) is 0.429. The molecule has 0 saturated carbocycles. The lowest BCUT2D eigenvalue weighted by atomic mass is 10.3. The molecule has 2 aromatic rings. The molecular weight excluding hydrogens is 290 g/mol. The first-order chi connectivity index (χ1) is 9.79.